The van der Waals surface area contributed by atoms with Gasteiger partial charge in [0.1, 0.15) is 19.4 Å². The lowest BCUT2D eigenvalue weighted by Gasteiger charge is -2.07. The van der Waals surface area contributed by atoms with Gasteiger partial charge in [-0.25, -0.2) is 0 Å². The van der Waals surface area contributed by atoms with Crippen molar-refractivity contribution in [1.82, 2.24) is 9.80 Å². The Bertz CT molecular complexity index is 1860. The van der Waals surface area contributed by atoms with Gasteiger partial charge < -0.3 is 10.2 Å². The summed E-state index contributed by atoms with van der Waals surface area (Å²) in [5.74, 6) is -3.33. The van der Waals surface area contributed by atoms with E-state index in [0.717, 1.165) is 61.9 Å². The van der Waals surface area contributed by atoms with Crippen molar-refractivity contribution in [3.8, 4) is 22.3 Å². The smallest absolute Gasteiger partial charge is 0.323 e. The van der Waals surface area contributed by atoms with Gasteiger partial charge in [-0.1, -0.05) is 121 Å². The number of aldehydes is 1. The summed E-state index contributed by atoms with van der Waals surface area (Å²) in [5, 5.41) is 16.0. The minimum atomic E-state index is -1.22. The molecule has 2 aliphatic heterocycles. The van der Waals surface area contributed by atoms with Crippen LogP contribution in [0.4, 0.5) is 9.59 Å². The average Bonchev–Trinajstić information content (AvgIpc) is 3.56. The van der Waals surface area contributed by atoms with Crippen molar-refractivity contribution in [3.05, 3.63) is 125 Å². The first-order chi connectivity index (χ1) is 23.5. The number of thioether (sulfide) groups is 2. The number of nitrogens with zero attached hydrogens (tertiary/aromatic N) is 2. The van der Waals surface area contributed by atoms with E-state index in [0.29, 0.717) is 5.56 Å². The molecule has 4 aromatic carbocycles. The quantitative estimate of drug-likeness (QED) is 0.154. The van der Waals surface area contributed by atoms with E-state index in [1.165, 1.54) is 5.56 Å². The molecule has 11 nitrogen and oxygen atoms in total. The largest absolute Gasteiger partial charge is 0.480 e. The number of aliphatic carboxylic acids is 2. The Morgan fingerprint density at radius 2 is 1.06 bits per heavy atom. The van der Waals surface area contributed by atoms with Crippen LogP contribution in [0.3, 0.4) is 0 Å². The van der Waals surface area contributed by atoms with Gasteiger partial charge in [-0.2, -0.15) is 0 Å². The van der Waals surface area contributed by atoms with Gasteiger partial charge in [-0.3, -0.25) is 43.4 Å². The highest BCUT2D eigenvalue weighted by molar-refractivity contribution is 8.18. The van der Waals surface area contributed by atoms with Crippen LogP contribution in [0.25, 0.3) is 28.3 Å². The highest BCUT2D eigenvalue weighted by atomic mass is 32.2. The molecule has 0 aromatic heterocycles. The van der Waals surface area contributed by atoms with E-state index >= 15 is 0 Å². The second-order valence-electron chi connectivity index (χ2n) is 10.2. The zero-order valence-electron chi connectivity index (χ0n) is 25.6. The van der Waals surface area contributed by atoms with Gasteiger partial charge in [0.05, 0.1) is 10.7 Å². The lowest BCUT2D eigenvalue weighted by molar-refractivity contribution is -0.141. The summed E-state index contributed by atoms with van der Waals surface area (Å²) in [6.07, 6.45) is 2.45. The first kappa shape index (κ1) is 36.1. The Morgan fingerprint density at radius 1 is 0.612 bits per heavy atom. The molecule has 2 aliphatic rings. The maximum Gasteiger partial charge on any atom is 0.323 e. The van der Waals surface area contributed by atoms with Crippen LogP contribution in [-0.4, -0.2) is 79.4 Å². The fourth-order valence-corrected chi connectivity index (χ4v) is 5.94. The third kappa shape index (κ3) is 10.3. The van der Waals surface area contributed by atoms with Gasteiger partial charge in [-0.05, 0) is 45.7 Å². The van der Waals surface area contributed by atoms with Gasteiger partial charge in [0.15, 0.2) is 0 Å². The van der Waals surface area contributed by atoms with Crippen LogP contribution in [-0.2, 0) is 19.2 Å². The molecule has 49 heavy (non-hydrogen) atoms. The summed E-state index contributed by atoms with van der Waals surface area (Å²) < 4.78 is 0. The molecule has 4 amide bonds. The molecule has 0 radical (unpaired) electrons. The van der Waals surface area contributed by atoms with Crippen LogP contribution < -0.4 is 0 Å². The Kier molecular flexibility index (Phi) is 12.8. The van der Waals surface area contributed by atoms with Crippen LogP contribution >= 0.6 is 23.5 Å². The Balaban J connectivity index is 0.000000183. The lowest BCUT2D eigenvalue weighted by atomic mass is 10.0. The molecule has 2 heterocycles. The van der Waals surface area contributed by atoms with E-state index in [-0.39, 0.29) is 10.7 Å². The number of carboxylic acid groups (broad SMARTS) is 2. The van der Waals surface area contributed by atoms with E-state index in [1.807, 2.05) is 97.1 Å². The van der Waals surface area contributed by atoms with Crippen molar-refractivity contribution in [2.24, 2.45) is 0 Å². The molecule has 0 atom stereocenters. The SMILES string of the molecule is O=C(O)CN1C(=O)CSC1=O.O=C(O)CN1C(=O)S/C(=C\c2ccc(-c3ccccc3)cc2)C1=O.O=Cc1ccc(-c2ccccc2)cc1. The number of carbonyl (C=O) groups is 7. The lowest BCUT2D eigenvalue weighted by Crippen LogP contribution is -2.33. The average molecular weight is 697 g/mol. The van der Waals surface area contributed by atoms with Crippen LogP contribution in [0, 0.1) is 0 Å². The van der Waals surface area contributed by atoms with Gasteiger partial charge in [-0.15, -0.1) is 0 Å². The summed E-state index contributed by atoms with van der Waals surface area (Å²) in [4.78, 5) is 78.2. The predicted octanol–water partition coefficient (Wildman–Crippen LogP) is 6.41. The first-order valence-corrected chi connectivity index (χ1v) is 16.3. The molecule has 2 saturated heterocycles. The molecule has 0 saturated carbocycles. The summed E-state index contributed by atoms with van der Waals surface area (Å²) in [6.45, 7) is -1.14. The molecule has 0 bridgehead atoms. The van der Waals surface area contributed by atoms with Crippen LogP contribution in [0.5, 0.6) is 0 Å². The maximum atomic E-state index is 12.1. The summed E-state index contributed by atoms with van der Waals surface area (Å²) in [7, 11) is 0. The van der Waals surface area contributed by atoms with Crippen LogP contribution in [0.15, 0.2) is 114 Å². The highest BCUT2D eigenvalue weighted by Crippen LogP contribution is 2.32. The van der Waals surface area contributed by atoms with Gasteiger partial charge in [0, 0.05) is 5.56 Å². The van der Waals surface area contributed by atoms with Crippen molar-refractivity contribution < 1.29 is 43.8 Å². The number of amides is 4. The summed E-state index contributed by atoms with van der Waals surface area (Å²) in [5.41, 5.74) is 5.93. The Hall–Kier alpha value is -5.79. The van der Waals surface area contributed by atoms with Crippen LogP contribution in [0.1, 0.15) is 15.9 Å². The third-order valence-corrected chi connectivity index (χ3v) is 8.54. The van der Waals surface area contributed by atoms with Crippen molar-refractivity contribution >= 4 is 70.1 Å². The molecule has 13 heteroatoms. The Morgan fingerprint density at radius 3 is 1.49 bits per heavy atom. The molecule has 4 aromatic rings. The zero-order valence-corrected chi connectivity index (χ0v) is 27.3. The standard InChI is InChI=1S/C18H13NO4S.C13H10O.C5H5NO4S/c20-16(21)11-19-17(22)15(24-18(19)23)10-12-6-8-14(9-7-12)13-4-2-1-3-5-13;14-10-11-6-8-13(9-7-11)12-4-2-1-3-5-12;7-3-2-11-5(10)6(3)1-4(8)9/h1-10H,11H2,(H,20,21);1-10H;1-2H2,(H,8,9)/b15-10-;;. The van der Waals surface area contributed by atoms with Gasteiger partial charge >= 0.3 is 11.9 Å². The van der Waals surface area contributed by atoms with Gasteiger partial charge in [0.25, 0.3) is 16.4 Å². The molecule has 0 spiro atoms. The van der Waals surface area contributed by atoms with E-state index in [1.54, 1.807) is 6.08 Å². The minimum absolute atomic E-state index is 0.0616. The van der Waals surface area contributed by atoms with E-state index in [2.05, 4.69) is 12.1 Å². The van der Waals surface area contributed by atoms with E-state index in [4.69, 9.17) is 10.2 Å². The maximum absolute atomic E-state index is 12.1. The third-order valence-electron chi connectivity index (χ3n) is 6.77. The topological polar surface area (TPSA) is 166 Å². The fourth-order valence-electron chi connectivity index (χ4n) is 4.38. The number of carboxylic acids is 2. The highest BCUT2D eigenvalue weighted by Gasteiger charge is 2.36. The molecule has 0 aliphatic carbocycles. The summed E-state index contributed by atoms with van der Waals surface area (Å²) >= 11 is 1.58. The monoisotopic (exact) mass is 696 g/mol. The second kappa shape index (κ2) is 17.4. The minimum Gasteiger partial charge on any atom is -0.480 e. The normalized spacial score (nSPS) is 14.6. The number of rotatable bonds is 8. The molecule has 248 valence electrons. The zero-order chi connectivity index (χ0) is 35.3. The Labute approximate surface area is 289 Å². The van der Waals surface area contributed by atoms with Crippen molar-refractivity contribution in [2.45, 2.75) is 0 Å². The molecular weight excluding hydrogens is 669 g/mol. The van der Waals surface area contributed by atoms with Gasteiger partial charge in [0.2, 0.25) is 5.91 Å². The summed E-state index contributed by atoms with van der Waals surface area (Å²) in [6, 6.07) is 35.1. The molecule has 2 N–H and O–H groups in total. The van der Waals surface area contributed by atoms with E-state index in [9.17, 15) is 33.6 Å². The van der Waals surface area contributed by atoms with Crippen molar-refractivity contribution in [1.29, 1.82) is 0 Å². The molecule has 6 rings (SSSR count). The number of hydrogen-bond acceptors (Lipinski definition) is 9. The molecule has 2 fully saturated rings. The number of hydrogen-bond donors (Lipinski definition) is 2. The number of imide groups is 2. The van der Waals surface area contributed by atoms with Crippen molar-refractivity contribution in [2.75, 3.05) is 18.8 Å². The fraction of sp³-hybridized carbons (Fsp3) is 0.0833. The molecular formula is C36H28N2O9S2. The van der Waals surface area contributed by atoms with Crippen LogP contribution in [0.2, 0.25) is 0 Å². The number of benzene rings is 4. The van der Waals surface area contributed by atoms with E-state index < -0.39 is 47.3 Å². The first-order valence-electron chi connectivity index (χ1n) is 14.5. The molecule has 0 unspecified atom stereocenters. The second-order valence-corrected chi connectivity index (χ2v) is 12.1. The predicted molar refractivity (Wildman–Crippen MR) is 187 cm³/mol. The number of carbonyl (C=O) groups excluding carboxylic acids is 5. The van der Waals surface area contributed by atoms with Crippen molar-refractivity contribution in [3.63, 3.8) is 0 Å².